The van der Waals surface area contributed by atoms with Crippen molar-refractivity contribution < 1.29 is 14.3 Å². The molecule has 36 heavy (non-hydrogen) atoms. The Bertz CT molecular complexity index is 1130. The molecule has 1 aromatic heterocycles. The number of guanidine groups is 1. The fraction of sp³-hybridized carbons (Fsp3) is 0.480. The molecular formula is C25H34N8O3. The second-order valence-corrected chi connectivity index (χ2v) is 8.61. The molecule has 2 aliphatic heterocycles. The molecule has 3 N–H and O–H groups in total. The predicted octanol–water partition coefficient (Wildman–Crippen LogP) is 2.45. The first-order chi connectivity index (χ1) is 17.5. The summed E-state index contributed by atoms with van der Waals surface area (Å²) in [6, 6.07) is 3.85. The molecule has 0 atom stereocenters. The number of methoxy groups -OCH3 is 1. The van der Waals surface area contributed by atoms with E-state index in [9.17, 15) is 4.79 Å². The summed E-state index contributed by atoms with van der Waals surface area (Å²) in [5.74, 6) is 1.95. The Morgan fingerprint density at radius 1 is 1.17 bits per heavy atom. The van der Waals surface area contributed by atoms with Crippen LogP contribution in [0.25, 0.3) is 0 Å². The molecule has 0 aliphatic carbocycles. The zero-order valence-electron chi connectivity index (χ0n) is 21.2. The summed E-state index contributed by atoms with van der Waals surface area (Å²) in [4.78, 5) is 34.4. The summed E-state index contributed by atoms with van der Waals surface area (Å²) in [7, 11) is 1.59. The number of nitrogens with two attached hydrogens (primary N) is 1. The molecule has 0 spiro atoms. The van der Waals surface area contributed by atoms with Crippen LogP contribution in [0.1, 0.15) is 49.0 Å². The molecule has 0 saturated carbocycles. The highest BCUT2D eigenvalue weighted by atomic mass is 16.5. The predicted molar refractivity (Wildman–Crippen MR) is 139 cm³/mol. The van der Waals surface area contributed by atoms with Crippen molar-refractivity contribution in [2.45, 2.75) is 33.1 Å². The smallest absolute Gasteiger partial charge is 0.261 e. The molecule has 2 aliphatic rings. The van der Waals surface area contributed by atoms with Gasteiger partial charge in [-0.2, -0.15) is 0 Å². The van der Waals surface area contributed by atoms with E-state index in [1.54, 1.807) is 7.11 Å². The van der Waals surface area contributed by atoms with Crippen molar-refractivity contribution in [3.63, 3.8) is 0 Å². The number of benzene rings is 1. The standard InChI is InChI=1S/C25H34N8O3/c1-4-10-32(11-5-2)12-6-14-36-19-8-7-18-20(21(19)35-3)30-25(33-13-9-27-22(18)33)31-23(34)17-15-28-24(26)29-16-17/h7-8,15-16H,4-6,9-14H2,1-3H3,(H2,26,28,29)(H,30,31,34). The maximum absolute atomic E-state index is 12.8. The van der Waals surface area contributed by atoms with E-state index in [2.05, 4.69) is 39.0 Å². The molecule has 1 aromatic carbocycles. The zero-order valence-corrected chi connectivity index (χ0v) is 21.2. The Morgan fingerprint density at radius 3 is 2.61 bits per heavy atom. The molecule has 0 bridgehead atoms. The van der Waals surface area contributed by atoms with Gasteiger partial charge in [0.25, 0.3) is 5.91 Å². The average Bonchev–Trinajstić information content (AvgIpc) is 3.37. The highest BCUT2D eigenvalue weighted by Crippen LogP contribution is 2.43. The van der Waals surface area contributed by atoms with E-state index in [1.807, 2.05) is 17.0 Å². The van der Waals surface area contributed by atoms with Crippen LogP contribution in [0.4, 0.5) is 11.6 Å². The zero-order chi connectivity index (χ0) is 25.5. The van der Waals surface area contributed by atoms with Crippen molar-refractivity contribution in [3.05, 3.63) is 35.7 Å². The van der Waals surface area contributed by atoms with Crippen LogP contribution in [0.2, 0.25) is 0 Å². The molecule has 0 saturated heterocycles. The van der Waals surface area contributed by atoms with Crippen LogP contribution < -0.4 is 20.5 Å². The molecular weight excluding hydrogens is 460 g/mol. The third kappa shape index (κ3) is 5.56. The van der Waals surface area contributed by atoms with Gasteiger partial charge in [-0.1, -0.05) is 13.8 Å². The van der Waals surface area contributed by atoms with Crippen molar-refractivity contribution in [1.82, 2.24) is 25.1 Å². The number of amidine groups is 1. The van der Waals surface area contributed by atoms with Gasteiger partial charge in [0.1, 0.15) is 11.5 Å². The van der Waals surface area contributed by atoms with Gasteiger partial charge in [0.2, 0.25) is 11.9 Å². The lowest BCUT2D eigenvalue weighted by Gasteiger charge is -2.28. The van der Waals surface area contributed by atoms with Crippen LogP contribution in [-0.4, -0.2) is 83.9 Å². The second-order valence-electron chi connectivity index (χ2n) is 8.61. The highest BCUT2D eigenvalue weighted by molar-refractivity contribution is 6.20. The number of rotatable bonds is 11. The number of carbonyl (C=O) groups is 1. The van der Waals surface area contributed by atoms with Gasteiger partial charge in [0.05, 0.1) is 25.8 Å². The Hall–Kier alpha value is -3.73. The van der Waals surface area contributed by atoms with Gasteiger partial charge in [-0.3, -0.25) is 20.0 Å². The minimum absolute atomic E-state index is 0.102. The van der Waals surface area contributed by atoms with Crippen LogP contribution in [0.15, 0.2) is 34.5 Å². The van der Waals surface area contributed by atoms with E-state index in [0.717, 1.165) is 50.3 Å². The molecule has 4 rings (SSSR count). The summed E-state index contributed by atoms with van der Waals surface area (Å²) in [6.07, 6.45) is 5.95. The SMILES string of the molecule is CCCN(CCC)CCCOc1ccc2c(c1OC)N=C(NC(=O)c1cnc(N)nc1)N1CCN=C21. The van der Waals surface area contributed by atoms with Crippen LogP contribution in [0.3, 0.4) is 0 Å². The first-order valence-corrected chi connectivity index (χ1v) is 12.4. The van der Waals surface area contributed by atoms with Gasteiger partial charge >= 0.3 is 0 Å². The van der Waals surface area contributed by atoms with E-state index < -0.39 is 5.91 Å². The van der Waals surface area contributed by atoms with Crippen LogP contribution in [-0.2, 0) is 0 Å². The number of nitrogen functional groups attached to an aromatic ring is 1. The Kier molecular flexibility index (Phi) is 8.32. The van der Waals surface area contributed by atoms with E-state index in [-0.39, 0.29) is 11.5 Å². The number of hydrogen-bond donors (Lipinski definition) is 2. The molecule has 3 heterocycles. The molecule has 1 amide bonds. The fourth-order valence-electron chi connectivity index (χ4n) is 4.37. The fourth-order valence-corrected chi connectivity index (χ4v) is 4.37. The van der Waals surface area contributed by atoms with E-state index >= 15 is 0 Å². The van der Waals surface area contributed by atoms with E-state index in [0.29, 0.717) is 42.8 Å². The summed E-state index contributed by atoms with van der Waals surface area (Å²) < 4.78 is 11.9. The lowest BCUT2D eigenvalue weighted by Crippen LogP contribution is -2.47. The van der Waals surface area contributed by atoms with Crippen molar-refractivity contribution in [3.8, 4) is 11.5 Å². The maximum Gasteiger partial charge on any atom is 0.261 e. The highest BCUT2D eigenvalue weighted by Gasteiger charge is 2.33. The number of aromatic nitrogens is 2. The summed E-state index contributed by atoms with van der Waals surface area (Å²) in [5, 5.41) is 2.86. The number of carbonyl (C=O) groups excluding carboxylic acids is 1. The number of nitrogens with zero attached hydrogens (tertiary/aromatic N) is 6. The van der Waals surface area contributed by atoms with Crippen LogP contribution >= 0.6 is 0 Å². The van der Waals surface area contributed by atoms with Crippen LogP contribution in [0.5, 0.6) is 11.5 Å². The third-order valence-corrected chi connectivity index (χ3v) is 5.97. The minimum atomic E-state index is -0.390. The number of amides is 1. The molecule has 0 fully saturated rings. The third-order valence-electron chi connectivity index (χ3n) is 5.97. The lowest BCUT2D eigenvalue weighted by atomic mass is 10.1. The number of aliphatic imine (C=N–C) groups is 2. The van der Waals surface area contributed by atoms with Crippen molar-refractivity contribution >= 4 is 29.3 Å². The van der Waals surface area contributed by atoms with Gasteiger partial charge in [0, 0.05) is 31.0 Å². The lowest BCUT2D eigenvalue weighted by molar-refractivity contribution is 0.0973. The van der Waals surface area contributed by atoms with Gasteiger partial charge < -0.3 is 20.1 Å². The largest absolute Gasteiger partial charge is 0.491 e. The van der Waals surface area contributed by atoms with Gasteiger partial charge in [-0.25, -0.2) is 15.0 Å². The number of fused-ring (bicyclic) bond motifs is 3. The second kappa shape index (κ2) is 11.8. The molecule has 11 heteroatoms. The van der Waals surface area contributed by atoms with E-state index in [1.165, 1.54) is 12.4 Å². The normalized spacial score (nSPS) is 14.2. The van der Waals surface area contributed by atoms with Gasteiger partial charge in [0.15, 0.2) is 11.5 Å². The summed E-state index contributed by atoms with van der Waals surface area (Å²) in [6.45, 7) is 9.36. The minimum Gasteiger partial charge on any atom is -0.491 e. The first kappa shape index (κ1) is 25.4. The topological polar surface area (TPSA) is 131 Å². The van der Waals surface area contributed by atoms with Crippen molar-refractivity contribution in [2.75, 3.05) is 52.2 Å². The number of nitrogens with one attached hydrogen (secondary N) is 1. The van der Waals surface area contributed by atoms with E-state index in [4.69, 9.17) is 20.2 Å². The molecule has 11 nitrogen and oxygen atoms in total. The van der Waals surface area contributed by atoms with Gasteiger partial charge in [-0.15, -0.1) is 0 Å². The number of hydrogen-bond acceptors (Lipinski definition) is 10. The average molecular weight is 495 g/mol. The summed E-state index contributed by atoms with van der Waals surface area (Å²) >= 11 is 0. The van der Waals surface area contributed by atoms with Crippen molar-refractivity contribution in [1.29, 1.82) is 0 Å². The van der Waals surface area contributed by atoms with Crippen molar-refractivity contribution in [2.24, 2.45) is 9.98 Å². The molecule has 2 aromatic rings. The number of ether oxygens (including phenoxy) is 2. The van der Waals surface area contributed by atoms with Gasteiger partial charge in [-0.05, 0) is 44.5 Å². The van der Waals surface area contributed by atoms with Crippen LogP contribution in [0, 0.1) is 0 Å². The molecule has 0 unspecified atom stereocenters. The quantitative estimate of drug-likeness (QED) is 0.456. The summed E-state index contributed by atoms with van der Waals surface area (Å²) in [5.41, 5.74) is 7.23. The first-order valence-electron chi connectivity index (χ1n) is 12.4. The Morgan fingerprint density at radius 2 is 1.92 bits per heavy atom. The Labute approximate surface area is 211 Å². The number of anilines is 1. The maximum atomic E-state index is 12.8. The monoisotopic (exact) mass is 494 g/mol. The molecule has 192 valence electrons. The molecule has 0 radical (unpaired) electrons. The Balaban J connectivity index is 1.53.